The molecule has 0 saturated heterocycles. The van der Waals surface area contributed by atoms with Gasteiger partial charge in [-0.05, 0) is 27.7 Å². The molecule has 114 valence electrons. The van der Waals surface area contributed by atoms with Crippen LogP contribution in [0.3, 0.4) is 0 Å². The molecule has 0 aromatic carbocycles. The first kappa shape index (κ1) is 25.2. The molecule has 0 aromatic heterocycles. The van der Waals surface area contributed by atoms with Gasteiger partial charge in [0.2, 0.25) is 0 Å². The van der Waals surface area contributed by atoms with E-state index in [2.05, 4.69) is 27.7 Å². The Morgan fingerprint density at radius 3 is 1.90 bits per heavy atom. The number of esters is 1. The molecular weight excluding hydrogens is 285 g/mol. The van der Waals surface area contributed by atoms with E-state index in [0.717, 1.165) is 17.1 Å². The number of ether oxygens (including phenoxy) is 1. The van der Waals surface area contributed by atoms with E-state index in [0.29, 0.717) is 0 Å². The molecule has 0 aliphatic heterocycles. The summed E-state index contributed by atoms with van der Waals surface area (Å²) in [5.74, 6) is -1.11. The Kier molecular flexibility index (Phi) is 13.8. The van der Waals surface area contributed by atoms with E-state index in [1.807, 2.05) is 27.7 Å². The monoisotopic (exact) mass is 314 g/mol. The van der Waals surface area contributed by atoms with Gasteiger partial charge in [0.1, 0.15) is 12.6 Å². The summed E-state index contributed by atoms with van der Waals surface area (Å²) < 4.78 is 6.14. The quantitative estimate of drug-likeness (QED) is 0.314. The first-order valence-electron chi connectivity index (χ1n) is 6.16. The summed E-state index contributed by atoms with van der Waals surface area (Å²) in [6.45, 7) is 11.3. The van der Waals surface area contributed by atoms with Gasteiger partial charge < -0.3 is 15.8 Å². The molecule has 1 atom stereocenters. The van der Waals surface area contributed by atoms with Gasteiger partial charge >= 0.3 is 63.3 Å². The van der Waals surface area contributed by atoms with Crippen LogP contribution in [-0.2, 0) is 14.3 Å². The number of quaternary nitrogens is 1. The van der Waals surface area contributed by atoms with Crippen LogP contribution < -0.4 is 51.4 Å². The van der Waals surface area contributed by atoms with Gasteiger partial charge in [-0.15, -0.1) is 0 Å². The van der Waals surface area contributed by atoms with Crippen LogP contribution in [-0.4, -0.2) is 55.3 Å². The van der Waals surface area contributed by atoms with Gasteiger partial charge in [-0.25, -0.2) is 4.79 Å². The van der Waals surface area contributed by atoms with E-state index in [4.69, 9.17) is 9.84 Å². The SMILES string of the molecule is C=CC(=O)O.CC(C[N+](C)(C)C)OC(=O)C(C)(C)C.[H-].[K+]. The topological polar surface area (TPSA) is 63.6 Å². The molecule has 0 heterocycles. The van der Waals surface area contributed by atoms with Crippen molar-refractivity contribution in [3.63, 3.8) is 0 Å². The van der Waals surface area contributed by atoms with Crippen molar-refractivity contribution < 1.29 is 76.7 Å². The number of aliphatic carboxylic acids is 1. The third-order valence-electron chi connectivity index (χ3n) is 1.90. The van der Waals surface area contributed by atoms with Crippen molar-refractivity contribution in [1.29, 1.82) is 0 Å². The second-order valence-corrected chi connectivity index (χ2v) is 6.48. The predicted molar refractivity (Wildman–Crippen MR) is 76.9 cm³/mol. The Labute approximate surface area is 166 Å². The summed E-state index contributed by atoms with van der Waals surface area (Å²) >= 11 is 0. The molecule has 1 N–H and O–H groups in total. The minimum atomic E-state index is -0.981. The number of likely N-dealkylation sites (N-methyl/N-ethyl adjacent to an activating group) is 1. The molecule has 0 aliphatic rings. The van der Waals surface area contributed by atoms with Gasteiger partial charge in [0.25, 0.3) is 0 Å². The zero-order valence-electron chi connectivity index (χ0n) is 15.2. The largest absolute Gasteiger partial charge is 1.00 e. The first-order valence-corrected chi connectivity index (χ1v) is 6.16. The zero-order valence-corrected chi connectivity index (χ0v) is 17.3. The normalized spacial score (nSPS) is 12.2. The van der Waals surface area contributed by atoms with Crippen molar-refractivity contribution in [2.24, 2.45) is 5.41 Å². The minimum Gasteiger partial charge on any atom is -1.00 e. The van der Waals surface area contributed by atoms with Crippen LogP contribution in [0.2, 0.25) is 0 Å². The third-order valence-corrected chi connectivity index (χ3v) is 1.90. The molecule has 0 saturated carbocycles. The van der Waals surface area contributed by atoms with Gasteiger partial charge in [-0.2, -0.15) is 0 Å². The number of carboxylic acids is 1. The van der Waals surface area contributed by atoms with Crippen LogP contribution >= 0.6 is 0 Å². The van der Waals surface area contributed by atoms with Crippen LogP contribution in [0, 0.1) is 5.41 Å². The fourth-order valence-electron chi connectivity index (χ4n) is 1.17. The summed E-state index contributed by atoms with van der Waals surface area (Å²) in [5.41, 5.74) is -0.404. The molecule has 0 amide bonds. The fraction of sp³-hybridized carbons (Fsp3) is 0.714. The predicted octanol–water partition coefficient (Wildman–Crippen LogP) is -0.956. The first-order chi connectivity index (χ1) is 8.29. The maximum absolute atomic E-state index is 11.5. The summed E-state index contributed by atoms with van der Waals surface area (Å²) in [5, 5.41) is 7.60. The van der Waals surface area contributed by atoms with Crippen LogP contribution in [0.25, 0.3) is 0 Å². The Bertz CT molecular complexity index is 322. The van der Waals surface area contributed by atoms with E-state index in [-0.39, 0.29) is 64.9 Å². The number of hydrogen-bond acceptors (Lipinski definition) is 3. The molecule has 0 radical (unpaired) electrons. The Morgan fingerprint density at radius 1 is 1.35 bits per heavy atom. The Hall–Kier alpha value is 0.276. The molecule has 0 rings (SSSR count). The molecule has 20 heavy (non-hydrogen) atoms. The molecule has 0 fully saturated rings. The van der Waals surface area contributed by atoms with Crippen LogP contribution in [0.1, 0.15) is 29.1 Å². The second kappa shape index (κ2) is 10.9. The molecule has 5 nitrogen and oxygen atoms in total. The van der Waals surface area contributed by atoms with Crippen molar-refractivity contribution in [1.82, 2.24) is 0 Å². The maximum Gasteiger partial charge on any atom is 1.00 e. The van der Waals surface area contributed by atoms with Gasteiger partial charge in [0, 0.05) is 6.08 Å². The molecule has 0 aliphatic carbocycles. The summed E-state index contributed by atoms with van der Waals surface area (Å²) in [6.07, 6.45) is 0.807. The van der Waals surface area contributed by atoms with Gasteiger partial charge in [-0.1, -0.05) is 6.58 Å². The molecular formula is C14H29KNO4+. The van der Waals surface area contributed by atoms with Crippen molar-refractivity contribution >= 4 is 11.9 Å². The smallest absolute Gasteiger partial charge is 1.00 e. The average Bonchev–Trinajstić information content (AvgIpc) is 2.13. The number of hydrogen-bond donors (Lipinski definition) is 1. The van der Waals surface area contributed by atoms with Crippen molar-refractivity contribution in [2.45, 2.75) is 33.8 Å². The van der Waals surface area contributed by atoms with Gasteiger partial charge in [0.05, 0.1) is 26.6 Å². The van der Waals surface area contributed by atoms with Gasteiger partial charge in [0.15, 0.2) is 0 Å². The van der Waals surface area contributed by atoms with Crippen LogP contribution in [0.15, 0.2) is 12.7 Å². The number of carbonyl (C=O) groups excluding carboxylic acids is 1. The summed E-state index contributed by atoms with van der Waals surface area (Å²) in [7, 11) is 6.25. The fourth-order valence-corrected chi connectivity index (χ4v) is 1.17. The molecule has 6 heteroatoms. The third kappa shape index (κ3) is 18.3. The number of carbonyl (C=O) groups is 2. The van der Waals surface area contributed by atoms with Crippen molar-refractivity contribution in [3.8, 4) is 0 Å². The Morgan fingerprint density at radius 2 is 1.70 bits per heavy atom. The van der Waals surface area contributed by atoms with Gasteiger partial charge in [-0.3, -0.25) is 4.79 Å². The average molecular weight is 314 g/mol. The van der Waals surface area contributed by atoms with E-state index in [1.165, 1.54) is 0 Å². The molecule has 0 bridgehead atoms. The zero-order chi connectivity index (χ0) is 15.9. The minimum absolute atomic E-state index is 0. The standard InChI is InChI=1S/C11H24NO2.C3H4O2.K.H/c1-9(8-12(5,6)7)14-10(13)11(2,3)4;1-2-3(4)5;;/h9H,8H2,1-7H3;2H,1H2,(H,4,5);;/q+1;;+1;-1. The molecule has 1 unspecified atom stereocenters. The number of nitrogens with zero attached hydrogens (tertiary/aromatic N) is 1. The second-order valence-electron chi connectivity index (χ2n) is 6.48. The summed E-state index contributed by atoms with van der Waals surface area (Å²) in [6, 6.07) is 0. The van der Waals surface area contributed by atoms with E-state index < -0.39 is 11.4 Å². The van der Waals surface area contributed by atoms with E-state index in [9.17, 15) is 9.59 Å². The van der Waals surface area contributed by atoms with Crippen molar-refractivity contribution in [2.75, 3.05) is 27.7 Å². The Balaban J connectivity index is -0.000000179. The number of carboxylic acid groups (broad SMARTS) is 1. The van der Waals surface area contributed by atoms with E-state index >= 15 is 0 Å². The number of rotatable bonds is 4. The maximum atomic E-state index is 11.5. The summed E-state index contributed by atoms with van der Waals surface area (Å²) in [4.78, 5) is 20.8. The molecule has 0 aromatic rings. The van der Waals surface area contributed by atoms with Crippen LogP contribution in [0.4, 0.5) is 0 Å². The van der Waals surface area contributed by atoms with E-state index in [1.54, 1.807) is 0 Å². The molecule has 0 spiro atoms. The van der Waals surface area contributed by atoms with Crippen LogP contribution in [0.5, 0.6) is 0 Å². The van der Waals surface area contributed by atoms with Crippen molar-refractivity contribution in [3.05, 3.63) is 12.7 Å².